The van der Waals surface area contributed by atoms with Gasteiger partial charge >= 0.3 is 5.97 Å². The van der Waals surface area contributed by atoms with Crippen LogP contribution in [0.15, 0.2) is 45.8 Å². The number of carbonyl (C=O) groups is 4. The van der Waals surface area contributed by atoms with E-state index in [1.807, 2.05) is 0 Å². The molecule has 3 rings (SSSR count). The molecular formula is C22H18BrClN2O6S. The van der Waals surface area contributed by atoms with Crippen molar-refractivity contribution in [1.29, 1.82) is 0 Å². The number of anilines is 1. The molecular weight excluding hydrogens is 536 g/mol. The van der Waals surface area contributed by atoms with E-state index in [9.17, 15) is 19.2 Å². The minimum absolute atomic E-state index is 0.118. The number of nitrogens with one attached hydrogen (secondary N) is 1. The van der Waals surface area contributed by atoms with Crippen LogP contribution in [0.2, 0.25) is 5.02 Å². The SMILES string of the molecule is COC(=O)COc1ccc(Br)cc1/C=C1/SC(=O)N(CC(=O)Nc2cc(Cl)ccc2C)C1=O. The molecule has 0 bridgehead atoms. The van der Waals surface area contributed by atoms with E-state index in [1.165, 1.54) is 13.2 Å². The molecule has 3 amide bonds. The molecule has 0 spiro atoms. The zero-order chi connectivity index (χ0) is 24.1. The molecule has 0 unspecified atom stereocenters. The Balaban J connectivity index is 1.76. The third-order valence-electron chi connectivity index (χ3n) is 4.48. The summed E-state index contributed by atoms with van der Waals surface area (Å²) in [4.78, 5) is 50.1. The van der Waals surface area contributed by atoms with E-state index in [2.05, 4.69) is 26.0 Å². The molecule has 172 valence electrons. The lowest BCUT2D eigenvalue weighted by atomic mass is 10.2. The van der Waals surface area contributed by atoms with E-state index >= 15 is 0 Å². The van der Waals surface area contributed by atoms with E-state index in [0.717, 1.165) is 10.5 Å². The number of imide groups is 1. The monoisotopic (exact) mass is 552 g/mol. The van der Waals surface area contributed by atoms with Crippen LogP contribution in [-0.4, -0.2) is 48.2 Å². The summed E-state index contributed by atoms with van der Waals surface area (Å²) in [7, 11) is 1.24. The molecule has 1 heterocycles. The van der Waals surface area contributed by atoms with Crippen molar-refractivity contribution < 1.29 is 28.7 Å². The third kappa shape index (κ3) is 6.37. The normalized spacial score (nSPS) is 14.5. The van der Waals surface area contributed by atoms with Gasteiger partial charge in [-0.1, -0.05) is 33.6 Å². The van der Waals surface area contributed by atoms with E-state index in [4.69, 9.17) is 16.3 Å². The first-order chi connectivity index (χ1) is 15.7. The highest BCUT2D eigenvalue weighted by Crippen LogP contribution is 2.35. The predicted molar refractivity (Wildman–Crippen MR) is 129 cm³/mol. The van der Waals surface area contributed by atoms with Crippen LogP contribution in [0.1, 0.15) is 11.1 Å². The molecule has 0 atom stereocenters. The second-order valence-electron chi connectivity index (χ2n) is 6.82. The maximum absolute atomic E-state index is 12.8. The quantitative estimate of drug-likeness (QED) is 0.394. The minimum Gasteiger partial charge on any atom is -0.481 e. The molecule has 2 aromatic carbocycles. The van der Waals surface area contributed by atoms with E-state index in [1.54, 1.807) is 43.3 Å². The van der Waals surface area contributed by atoms with Crippen LogP contribution in [0.5, 0.6) is 5.75 Å². The first-order valence-electron chi connectivity index (χ1n) is 9.48. The van der Waals surface area contributed by atoms with Crippen molar-refractivity contribution in [1.82, 2.24) is 4.90 Å². The second kappa shape index (κ2) is 10.9. The van der Waals surface area contributed by atoms with Gasteiger partial charge in [-0.05, 0) is 60.7 Å². The number of halogens is 2. The molecule has 0 radical (unpaired) electrons. The molecule has 1 fully saturated rings. The number of esters is 1. The van der Waals surface area contributed by atoms with Gasteiger partial charge in [0.25, 0.3) is 11.1 Å². The molecule has 8 nitrogen and oxygen atoms in total. The van der Waals surface area contributed by atoms with Crippen molar-refractivity contribution in [2.45, 2.75) is 6.92 Å². The van der Waals surface area contributed by atoms with Crippen LogP contribution < -0.4 is 10.1 Å². The Bertz CT molecular complexity index is 1170. The minimum atomic E-state index is -0.609. The maximum Gasteiger partial charge on any atom is 0.343 e. The standard InChI is InChI=1S/C22H18BrClN2O6S/c1-12-3-5-15(24)9-16(12)25-19(27)10-26-21(29)18(33-22(26)30)8-13-7-14(23)4-6-17(13)32-11-20(28)31-2/h3-9H,10-11H2,1-2H3,(H,25,27)/b18-8+. The number of aryl methyl sites for hydroxylation is 1. The van der Waals surface area contributed by atoms with Gasteiger partial charge in [-0.3, -0.25) is 19.3 Å². The molecule has 11 heteroatoms. The van der Waals surface area contributed by atoms with Gasteiger partial charge in [-0.15, -0.1) is 0 Å². The van der Waals surface area contributed by atoms with Crippen LogP contribution in [0.3, 0.4) is 0 Å². The topological polar surface area (TPSA) is 102 Å². The lowest BCUT2D eigenvalue weighted by Gasteiger charge is -2.14. The van der Waals surface area contributed by atoms with Crippen LogP contribution in [0, 0.1) is 6.92 Å². The first kappa shape index (κ1) is 24.8. The lowest BCUT2D eigenvalue weighted by molar-refractivity contribution is -0.142. The number of amides is 3. The molecule has 33 heavy (non-hydrogen) atoms. The Morgan fingerprint density at radius 1 is 1.21 bits per heavy atom. The average Bonchev–Trinajstić information content (AvgIpc) is 3.02. The number of nitrogens with zero attached hydrogens (tertiary/aromatic N) is 1. The Morgan fingerprint density at radius 2 is 1.97 bits per heavy atom. The summed E-state index contributed by atoms with van der Waals surface area (Å²) in [5.41, 5.74) is 1.75. The van der Waals surface area contributed by atoms with Crippen molar-refractivity contribution in [2.24, 2.45) is 0 Å². The second-order valence-corrected chi connectivity index (χ2v) is 9.17. The summed E-state index contributed by atoms with van der Waals surface area (Å²) >= 11 is 10.0. The summed E-state index contributed by atoms with van der Waals surface area (Å²) in [6, 6.07) is 10.0. The summed E-state index contributed by atoms with van der Waals surface area (Å²) in [5, 5.41) is 2.54. The highest BCUT2D eigenvalue weighted by atomic mass is 79.9. The molecule has 1 aliphatic heterocycles. The van der Waals surface area contributed by atoms with E-state index in [-0.39, 0.29) is 11.5 Å². The van der Waals surface area contributed by atoms with Crippen molar-refractivity contribution >= 4 is 74.1 Å². The van der Waals surface area contributed by atoms with Gasteiger partial charge in [0, 0.05) is 20.7 Å². The Labute approximate surface area is 207 Å². The Hall–Kier alpha value is -2.82. The summed E-state index contributed by atoms with van der Waals surface area (Å²) in [5.74, 6) is -1.38. The fraction of sp³-hybridized carbons (Fsp3) is 0.182. The predicted octanol–water partition coefficient (Wildman–Crippen LogP) is 4.64. The number of benzene rings is 2. The third-order valence-corrected chi connectivity index (χ3v) is 6.12. The summed E-state index contributed by atoms with van der Waals surface area (Å²) < 4.78 is 10.7. The number of methoxy groups -OCH3 is 1. The Kier molecular flexibility index (Phi) is 8.17. The number of rotatable bonds is 7. The molecule has 0 saturated carbocycles. The van der Waals surface area contributed by atoms with Crippen LogP contribution in [0.25, 0.3) is 6.08 Å². The molecule has 0 aliphatic carbocycles. The largest absolute Gasteiger partial charge is 0.481 e. The van der Waals surface area contributed by atoms with Gasteiger partial charge in [0.2, 0.25) is 5.91 Å². The average molecular weight is 554 g/mol. The summed E-state index contributed by atoms with van der Waals surface area (Å²) in [6.07, 6.45) is 1.47. The summed E-state index contributed by atoms with van der Waals surface area (Å²) in [6.45, 7) is 1.04. The molecule has 0 aromatic heterocycles. The molecule has 1 aliphatic rings. The van der Waals surface area contributed by atoms with E-state index in [0.29, 0.717) is 38.3 Å². The fourth-order valence-electron chi connectivity index (χ4n) is 2.80. The Morgan fingerprint density at radius 3 is 2.70 bits per heavy atom. The number of carbonyl (C=O) groups excluding carboxylic acids is 4. The van der Waals surface area contributed by atoms with Crippen LogP contribution in [0.4, 0.5) is 10.5 Å². The van der Waals surface area contributed by atoms with Gasteiger partial charge in [-0.2, -0.15) is 0 Å². The van der Waals surface area contributed by atoms with Crippen molar-refractivity contribution in [3.8, 4) is 5.75 Å². The highest BCUT2D eigenvalue weighted by molar-refractivity contribution is 9.10. The maximum atomic E-state index is 12.8. The number of hydrogen-bond donors (Lipinski definition) is 1. The number of ether oxygens (including phenoxy) is 2. The van der Waals surface area contributed by atoms with Crippen LogP contribution in [-0.2, 0) is 19.1 Å². The molecule has 1 N–H and O–H groups in total. The van der Waals surface area contributed by atoms with E-state index < -0.39 is 29.6 Å². The smallest absolute Gasteiger partial charge is 0.343 e. The van der Waals surface area contributed by atoms with Gasteiger partial charge < -0.3 is 14.8 Å². The van der Waals surface area contributed by atoms with Crippen molar-refractivity contribution in [2.75, 3.05) is 25.6 Å². The van der Waals surface area contributed by atoms with Gasteiger partial charge in [0.1, 0.15) is 12.3 Å². The fourth-order valence-corrected chi connectivity index (χ4v) is 4.18. The zero-order valence-electron chi connectivity index (χ0n) is 17.5. The highest BCUT2D eigenvalue weighted by Gasteiger charge is 2.36. The first-order valence-corrected chi connectivity index (χ1v) is 11.5. The molecule has 1 saturated heterocycles. The lowest BCUT2D eigenvalue weighted by Crippen LogP contribution is -2.36. The molecule has 2 aromatic rings. The van der Waals surface area contributed by atoms with Gasteiger partial charge in [-0.25, -0.2) is 4.79 Å². The number of thioether (sulfide) groups is 1. The van der Waals surface area contributed by atoms with Gasteiger partial charge in [0.05, 0.1) is 12.0 Å². The van der Waals surface area contributed by atoms with Crippen molar-refractivity contribution in [3.05, 3.63) is 61.9 Å². The van der Waals surface area contributed by atoms with Gasteiger partial charge in [0.15, 0.2) is 6.61 Å². The number of hydrogen-bond acceptors (Lipinski definition) is 7. The van der Waals surface area contributed by atoms with Crippen LogP contribution >= 0.6 is 39.3 Å². The zero-order valence-corrected chi connectivity index (χ0v) is 20.7. The van der Waals surface area contributed by atoms with Crippen molar-refractivity contribution in [3.63, 3.8) is 0 Å².